The second-order valence-electron chi connectivity index (χ2n) is 4.21. The third-order valence-corrected chi connectivity index (χ3v) is 3.30. The van der Waals surface area contributed by atoms with Gasteiger partial charge in [-0.1, -0.05) is 28.1 Å². The summed E-state index contributed by atoms with van der Waals surface area (Å²) in [4.78, 5) is 10.4. The van der Waals surface area contributed by atoms with Crippen molar-refractivity contribution in [1.29, 1.82) is 0 Å². The minimum Gasteiger partial charge on any atom is -0.489 e. The Morgan fingerprint density at radius 2 is 2.10 bits per heavy atom. The normalized spacial score (nSPS) is 10.3. The number of ether oxygens (including phenoxy) is 1. The second-order valence-corrected chi connectivity index (χ2v) is 5.13. The van der Waals surface area contributed by atoms with E-state index in [-0.39, 0.29) is 12.3 Å². The quantitative estimate of drug-likeness (QED) is 0.613. The molecular weight excluding hydrogens is 329 g/mol. The fourth-order valence-corrected chi connectivity index (χ4v) is 2.24. The van der Waals surface area contributed by atoms with E-state index in [2.05, 4.69) is 15.9 Å². The first-order chi connectivity index (χ1) is 9.47. The van der Waals surface area contributed by atoms with Crippen LogP contribution in [-0.4, -0.2) is 4.92 Å². The molecule has 4 nitrogen and oxygen atoms in total. The first kappa shape index (κ1) is 14.5. The molecule has 0 aliphatic rings. The highest BCUT2D eigenvalue weighted by Gasteiger charge is 2.13. The standard InChI is InChI=1S/C14H11BrFNO3/c1-9-10(3-2-4-14(9)17(18)19)8-20-13-6-11(15)5-12(16)7-13/h2-7H,8H2,1H3. The Kier molecular flexibility index (Phi) is 4.34. The van der Waals surface area contributed by atoms with Crippen molar-refractivity contribution in [2.75, 3.05) is 0 Å². The largest absolute Gasteiger partial charge is 0.489 e. The molecule has 0 bridgehead atoms. The van der Waals surface area contributed by atoms with Gasteiger partial charge in [0.2, 0.25) is 0 Å². The number of nitrogens with zero attached hydrogens (tertiary/aromatic N) is 1. The van der Waals surface area contributed by atoms with Crippen LogP contribution < -0.4 is 4.74 Å². The smallest absolute Gasteiger partial charge is 0.272 e. The van der Waals surface area contributed by atoms with Gasteiger partial charge in [0.25, 0.3) is 5.69 Å². The zero-order valence-corrected chi connectivity index (χ0v) is 12.2. The van der Waals surface area contributed by atoms with Gasteiger partial charge in [0.15, 0.2) is 0 Å². The van der Waals surface area contributed by atoms with Gasteiger partial charge >= 0.3 is 0 Å². The molecule has 0 atom stereocenters. The van der Waals surface area contributed by atoms with Gasteiger partial charge in [0.1, 0.15) is 18.2 Å². The number of halogens is 2. The van der Waals surface area contributed by atoms with E-state index in [1.54, 1.807) is 25.1 Å². The molecule has 104 valence electrons. The van der Waals surface area contributed by atoms with E-state index in [0.717, 1.165) is 0 Å². The maximum atomic E-state index is 13.2. The summed E-state index contributed by atoms with van der Waals surface area (Å²) in [5.41, 5.74) is 1.29. The highest BCUT2D eigenvalue weighted by Crippen LogP contribution is 2.24. The van der Waals surface area contributed by atoms with Crippen LogP contribution in [0.1, 0.15) is 11.1 Å². The van der Waals surface area contributed by atoms with Crippen LogP contribution in [0.25, 0.3) is 0 Å². The van der Waals surface area contributed by atoms with Gasteiger partial charge in [-0.15, -0.1) is 0 Å². The van der Waals surface area contributed by atoms with Gasteiger partial charge in [-0.3, -0.25) is 10.1 Å². The van der Waals surface area contributed by atoms with Crippen LogP contribution >= 0.6 is 15.9 Å². The van der Waals surface area contributed by atoms with Crippen molar-refractivity contribution in [2.45, 2.75) is 13.5 Å². The van der Waals surface area contributed by atoms with Crippen molar-refractivity contribution in [3.8, 4) is 5.75 Å². The van der Waals surface area contributed by atoms with Crippen LogP contribution in [0.5, 0.6) is 5.75 Å². The Bertz CT molecular complexity index is 641. The Morgan fingerprint density at radius 3 is 2.75 bits per heavy atom. The lowest BCUT2D eigenvalue weighted by molar-refractivity contribution is -0.385. The Morgan fingerprint density at radius 1 is 1.35 bits per heavy atom. The summed E-state index contributed by atoms with van der Waals surface area (Å²) in [7, 11) is 0. The van der Waals surface area contributed by atoms with Crippen molar-refractivity contribution in [2.24, 2.45) is 0 Å². The number of nitro benzene ring substituents is 1. The molecule has 0 N–H and O–H groups in total. The fraction of sp³-hybridized carbons (Fsp3) is 0.143. The Balaban J connectivity index is 2.19. The summed E-state index contributed by atoms with van der Waals surface area (Å²) in [5, 5.41) is 10.8. The molecule has 0 heterocycles. The third kappa shape index (κ3) is 3.33. The molecule has 2 aromatic rings. The third-order valence-electron chi connectivity index (χ3n) is 2.84. The lowest BCUT2D eigenvalue weighted by Gasteiger charge is -2.09. The highest BCUT2D eigenvalue weighted by atomic mass is 79.9. The molecule has 2 aromatic carbocycles. The van der Waals surface area contributed by atoms with Gasteiger partial charge in [-0.05, 0) is 24.6 Å². The van der Waals surface area contributed by atoms with Crippen LogP contribution in [0.4, 0.5) is 10.1 Å². The molecule has 0 aliphatic carbocycles. The zero-order valence-electron chi connectivity index (χ0n) is 10.6. The van der Waals surface area contributed by atoms with Gasteiger partial charge in [0.05, 0.1) is 4.92 Å². The van der Waals surface area contributed by atoms with Gasteiger partial charge in [0, 0.05) is 22.2 Å². The number of rotatable bonds is 4. The Hall–Kier alpha value is -1.95. The molecule has 0 aliphatic heterocycles. The summed E-state index contributed by atoms with van der Waals surface area (Å²) in [5.74, 6) is -0.0482. The summed E-state index contributed by atoms with van der Waals surface area (Å²) in [6.45, 7) is 1.81. The predicted octanol–water partition coefficient (Wildman–Crippen LogP) is 4.38. The van der Waals surface area contributed by atoms with Crippen molar-refractivity contribution >= 4 is 21.6 Å². The maximum Gasteiger partial charge on any atom is 0.272 e. The van der Waals surface area contributed by atoms with E-state index in [9.17, 15) is 14.5 Å². The van der Waals surface area contributed by atoms with E-state index >= 15 is 0 Å². The number of benzene rings is 2. The molecule has 0 saturated carbocycles. The van der Waals surface area contributed by atoms with E-state index in [4.69, 9.17) is 4.74 Å². The molecule has 6 heteroatoms. The number of hydrogen-bond acceptors (Lipinski definition) is 3. The van der Waals surface area contributed by atoms with Crippen molar-refractivity contribution in [1.82, 2.24) is 0 Å². The van der Waals surface area contributed by atoms with Crippen LogP contribution in [0.15, 0.2) is 40.9 Å². The van der Waals surface area contributed by atoms with E-state index in [0.29, 0.717) is 21.3 Å². The van der Waals surface area contributed by atoms with Gasteiger partial charge in [-0.2, -0.15) is 0 Å². The first-order valence-corrected chi connectivity index (χ1v) is 6.58. The van der Waals surface area contributed by atoms with Crippen LogP contribution in [0, 0.1) is 22.9 Å². The summed E-state index contributed by atoms with van der Waals surface area (Å²) < 4.78 is 19.3. The molecule has 0 amide bonds. The topological polar surface area (TPSA) is 52.4 Å². The van der Waals surface area contributed by atoms with E-state index < -0.39 is 10.7 Å². The van der Waals surface area contributed by atoms with Crippen molar-refractivity contribution in [3.63, 3.8) is 0 Å². The maximum absolute atomic E-state index is 13.2. The van der Waals surface area contributed by atoms with Gasteiger partial charge < -0.3 is 4.74 Å². The van der Waals surface area contributed by atoms with Crippen molar-refractivity contribution < 1.29 is 14.1 Å². The van der Waals surface area contributed by atoms with Crippen LogP contribution in [0.2, 0.25) is 0 Å². The highest BCUT2D eigenvalue weighted by molar-refractivity contribution is 9.10. The molecule has 0 fully saturated rings. The minimum absolute atomic E-state index is 0.0477. The molecular formula is C14H11BrFNO3. The fourth-order valence-electron chi connectivity index (χ4n) is 1.80. The first-order valence-electron chi connectivity index (χ1n) is 5.79. The molecule has 0 unspecified atom stereocenters. The molecule has 0 spiro atoms. The average Bonchev–Trinajstić information content (AvgIpc) is 2.36. The number of hydrogen-bond donors (Lipinski definition) is 0. The molecule has 0 aromatic heterocycles. The SMILES string of the molecule is Cc1c(COc2cc(F)cc(Br)c2)cccc1[N+](=O)[O-]. The Labute approximate surface area is 123 Å². The lowest BCUT2D eigenvalue weighted by atomic mass is 10.1. The van der Waals surface area contributed by atoms with E-state index in [1.165, 1.54) is 18.2 Å². The summed E-state index contributed by atoms with van der Waals surface area (Å²) >= 11 is 3.18. The zero-order chi connectivity index (χ0) is 14.7. The monoisotopic (exact) mass is 339 g/mol. The average molecular weight is 340 g/mol. The van der Waals surface area contributed by atoms with E-state index in [1.807, 2.05) is 0 Å². The summed E-state index contributed by atoms with van der Waals surface area (Å²) in [6.07, 6.45) is 0. The molecule has 0 saturated heterocycles. The number of nitro groups is 1. The molecule has 2 rings (SSSR count). The van der Waals surface area contributed by atoms with Crippen molar-refractivity contribution in [3.05, 3.63) is 67.9 Å². The predicted molar refractivity (Wildman–Crippen MR) is 76.3 cm³/mol. The van der Waals surface area contributed by atoms with Crippen LogP contribution in [0.3, 0.4) is 0 Å². The minimum atomic E-state index is -0.433. The molecule has 0 radical (unpaired) electrons. The lowest BCUT2D eigenvalue weighted by Crippen LogP contribution is -2.01. The van der Waals surface area contributed by atoms with Crippen LogP contribution in [-0.2, 0) is 6.61 Å². The second kappa shape index (κ2) is 6.00. The molecule has 20 heavy (non-hydrogen) atoms. The summed E-state index contributed by atoms with van der Waals surface area (Å²) in [6, 6.07) is 9.01. The van der Waals surface area contributed by atoms with Gasteiger partial charge in [-0.25, -0.2) is 4.39 Å².